The summed E-state index contributed by atoms with van der Waals surface area (Å²) in [6.07, 6.45) is 12.5. The summed E-state index contributed by atoms with van der Waals surface area (Å²) in [5.41, 5.74) is 2.79. The normalized spacial score (nSPS) is 16.1. The Morgan fingerprint density at radius 1 is 0.787 bits per heavy atom. The van der Waals surface area contributed by atoms with E-state index in [1.54, 1.807) is 29.8 Å². The molecular formula is C37H51N7O3. The summed E-state index contributed by atoms with van der Waals surface area (Å²) in [5.74, 6) is 1.39. The van der Waals surface area contributed by atoms with Crippen LogP contribution in [0.2, 0.25) is 0 Å². The van der Waals surface area contributed by atoms with E-state index in [1.165, 1.54) is 19.8 Å². The fourth-order valence-corrected chi connectivity index (χ4v) is 6.91. The number of hydrogen-bond donors (Lipinski definition) is 0. The van der Waals surface area contributed by atoms with Crippen molar-refractivity contribution in [3.05, 3.63) is 57.3 Å². The van der Waals surface area contributed by atoms with Crippen LogP contribution in [0.5, 0.6) is 0 Å². The highest BCUT2D eigenvalue weighted by Gasteiger charge is 2.29. The Balaban J connectivity index is 0.000000185. The molecule has 4 aromatic heterocycles. The van der Waals surface area contributed by atoms with E-state index in [9.17, 15) is 14.4 Å². The molecule has 0 unspecified atom stereocenters. The first-order valence-electron chi connectivity index (χ1n) is 17.0. The number of hydrogen-bond acceptors (Lipinski definition) is 7. The van der Waals surface area contributed by atoms with E-state index in [-0.39, 0.29) is 39.7 Å². The van der Waals surface area contributed by atoms with Crippen LogP contribution in [0, 0.1) is 6.92 Å². The smallest absolute Gasteiger partial charge is 0.270 e. The number of carbonyl (C=O) groups is 2. The Morgan fingerprint density at radius 2 is 1.28 bits per heavy atom. The number of aryl methyl sites for hydroxylation is 1. The monoisotopic (exact) mass is 641 g/mol. The van der Waals surface area contributed by atoms with Gasteiger partial charge in [-0.2, -0.15) is 0 Å². The number of Topliss-reactive ketones (excluding diaryl/α,β-unsaturated/α-hetero) is 1. The maximum Gasteiger partial charge on any atom is 0.270 e. The molecule has 252 valence electrons. The third-order valence-corrected chi connectivity index (χ3v) is 9.48. The lowest BCUT2D eigenvalue weighted by Crippen LogP contribution is -2.31. The molecule has 0 aromatic carbocycles. The lowest BCUT2D eigenvalue weighted by Gasteiger charge is -2.22. The van der Waals surface area contributed by atoms with E-state index in [1.807, 2.05) is 19.2 Å². The van der Waals surface area contributed by atoms with Crippen LogP contribution >= 0.6 is 0 Å². The molecule has 4 aromatic rings. The van der Waals surface area contributed by atoms with E-state index >= 15 is 0 Å². The van der Waals surface area contributed by atoms with Gasteiger partial charge in [0.1, 0.15) is 28.6 Å². The second kappa shape index (κ2) is 12.9. The summed E-state index contributed by atoms with van der Waals surface area (Å²) in [6.45, 7) is 15.8. The average molecular weight is 642 g/mol. The molecule has 0 aliphatic heterocycles. The van der Waals surface area contributed by atoms with E-state index in [0.29, 0.717) is 17.3 Å². The molecular weight excluding hydrogens is 590 g/mol. The largest absolute Gasteiger partial charge is 0.343 e. The summed E-state index contributed by atoms with van der Waals surface area (Å²) >= 11 is 0. The van der Waals surface area contributed by atoms with Crippen molar-refractivity contribution in [3.63, 3.8) is 0 Å². The van der Waals surface area contributed by atoms with Gasteiger partial charge in [-0.1, -0.05) is 67.2 Å². The first-order valence-corrected chi connectivity index (χ1v) is 17.0. The molecule has 4 heterocycles. The molecule has 6 rings (SSSR count). The molecule has 10 nitrogen and oxygen atoms in total. The number of rotatable bonds is 4. The lowest BCUT2D eigenvalue weighted by atomic mass is 9.95. The van der Waals surface area contributed by atoms with Gasteiger partial charge in [-0.3, -0.25) is 19.0 Å². The number of nitrogens with zero attached hydrogens (tertiary/aromatic N) is 7. The highest BCUT2D eigenvalue weighted by Crippen LogP contribution is 2.35. The third-order valence-electron chi connectivity index (χ3n) is 9.48. The Morgan fingerprint density at radius 3 is 1.77 bits per heavy atom. The van der Waals surface area contributed by atoms with Crippen LogP contribution in [-0.4, -0.2) is 59.8 Å². The SMILES string of the molecule is CC(=O)c1c(C)c2cnc(C(C)(C)C)nc2n(C2CCCC2)c1=O.CN(C)C(=O)c1cc2cnc(C(C)(C)C)nc2n1C1CCCC1. The molecule has 2 saturated carbocycles. The fourth-order valence-electron chi connectivity index (χ4n) is 6.91. The number of aromatic nitrogens is 6. The van der Waals surface area contributed by atoms with Gasteiger partial charge in [0.05, 0.1) is 5.56 Å². The highest BCUT2D eigenvalue weighted by molar-refractivity contribution is 5.99. The van der Waals surface area contributed by atoms with Crippen molar-refractivity contribution >= 4 is 33.8 Å². The van der Waals surface area contributed by atoms with Gasteiger partial charge in [-0.15, -0.1) is 0 Å². The summed E-state index contributed by atoms with van der Waals surface area (Å²) in [5, 5.41) is 1.76. The highest BCUT2D eigenvalue weighted by atomic mass is 16.2. The van der Waals surface area contributed by atoms with Crippen molar-refractivity contribution in [1.29, 1.82) is 0 Å². The van der Waals surface area contributed by atoms with Crippen LogP contribution in [0.25, 0.3) is 22.1 Å². The molecule has 0 bridgehead atoms. The Labute approximate surface area is 278 Å². The zero-order chi connectivity index (χ0) is 34.4. The second-order valence-electron chi connectivity index (χ2n) is 15.6. The predicted molar refractivity (Wildman–Crippen MR) is 186 cm³/mol. The third kappa shape index (κ3) is 6.74. The van der Waals surface area contributed by atoms with Gasteiger partial charge >= 0.3 is 0 Å². The molecule has 1 amide bonds. The molecule has 0 N–H and O–H groups in total. The zero-order valence-corrected chi connectivity index (χ0v) is 29.9. The zero-order valence-electron chi connectivity index (χ0n) is 29.9. The van der Waals surface area contributed by atoms with Crippen molar-refractivity contribution in [2.75, 3.05) is 14.1 Å². The van der Waals surface area contributed by atoms with Gasteiger partial charge in [0, 0.05) is 60.2 Å². The minimum absolute atomic E-state index is 0.0345. The molecule has 10 heteroatoms. The van der Waals surface area contributed by atoms with Gasteiger partial charge < -0.3 is 9.47 Å². The maximum absolute atomic E-state index is 13.1. The summed E-state index contributed by atoms with van der Waals surface area (Å²) < 4.78 is 3.94. The Hall–Kier alpha value is -3.95. The number of carbonyl (C=O) groups excluding carboxylic acids is 2. The van der Waals surface area contributed by atoms with Gasteiger partial charge in [-0.05, 0) is 51.2 Å². The number of fused-ring (bicyclic) bond motifs is 2. The molecule has 0 spiro atoms. The predicted octanol–water partition coefficient (Wildman–Crippen LogP) is 7.26. The van der Waals surface area contributed by atoms with E-state index in [4.69, 9.17) is 9.97 Å². The molecule has 2 aliphatic carbocycles. The van der Waals surface area contributed by atoms with Gasteiger partial charge in [-0.25, -0.2) is 19.9 Å². The quantitative estimate of drug-likeness (QED) is 0.215. The second-order valence-corrected chi connectivity index (χ2v) is 15.6. The Bertz CT molecular complexity index is 1880. The maximum atomic E-state index is 13.1. The molecule has 2 fully saturated rings. The topological polar surface area (TPSA) is 116 Å². The molecule has 0 radical (unpaired) electrons. The summed E-state index contributed by atoms with van der Waals surface area (Å²) in [6, 6.07) is 2.44. The van der Waals surface area contributed by atoms with Gasteiger partial charge in [0.25, 0.3) is 11.5 Å². The number of ketones is 1. The van der Waals surface area contributed by atoms with Gasteiger partial charge in [0.2, 0.25) is 0 Å². The first-order chi connectivity index (χ1) is 22.0. The van der Waals surface area contributed by atoms with Crippen molar-refractivity contribution < 1.29 is 9.59 Å². The Kier molecular flexibility index (Phi) is 9.45. The molecule has 0 atom stereocenters. The van der Waals surface area contributed by atoms with E-state index in [0.717, 1.165) is 72.3 Å². The van der Waals surface area contributed by atoms with Crippen molar-refractivity contribution in [1.82, 2.24) is 34.0 Å². The fraction of sp³-hybridized carbons (Fsp3) is 0.595. The van der Waals surface area contributed by atoms with Crippen LogP contribution in [0.4, 0.5) is 0 Å². The molecule has 2 aliphatic rings. The van der Waals surface area contributed by atoms with Crippen molar-refractivity contribution in [3.8, 4) is 0 Å². The first kappa shape index (κ1) is 34.4. The van der Waals surface area contributed by atoms with Crippen molar-refractivity contribution in [2.24, 2.45) is 0 Å². The minimum Gasteiger partial charge on any atom is -0.343 e. The molecule has 47 heavy (non-hydrogen) atoms. The van der Waals surface area contributed by atoms with Crippen LogP contribution in [0.1, 0.15) is 150 Å². The van der Waals surface area contributed by atoms with E-state index in [2.05, 4.69) is 56.1 Å². The summed E-state index contributed by atoms with van der Waals surface area (Å²) in [7, 11) is 3.59. The van der Waals surface area contributed by atoms with Crippen LogP contribution in [-0.2, 0) is 10.8 Å². The van der Waals surface area contributed by atoms with Gasteiger partial charge in [0.15, 0.2) is 5.78 Å². The standard InChI is InChI=1S/C19H25N3O2.C18H26N4O/c1-11-14-10-20-18(19(3,4)5)21-16(14)22(13-8-6-7-9-13)17(24)15(11)12(2)23;1-18(2,3)17-19-11-12-10-14(16(23)21(4)5)22(15(12)20-17)13-8-6-7-9-13/h10,13H,6-9H2,1-5H3;10-11,13H,6-9H2,1-5H3. The number of pyridine rings is 1. The van der Waals surface area contributed by atoms with Crippen molar-refractivity contribution in [2.45, 2.75) is 130 Å². The molecule has 0 saturated heterocycles. The van der Waals surface area contributed by atoms with Crippen LogP contribution in [0.3, 0.4) is 0 Å². The lowest BCUT2D eigenvalue weighted by molar-refractivity contribution is 0.0815. The summed E-state index contributed by atoms with van der Waals surface area (Å²) in [4.78, 5) is 58.0. The average Bonchev–Trinajstić information content (AvgIpc) is 3.77. The van der Waals surface area contributed by atoms with Crippen LogP contribution < -0.4 is 5.56 Å². The van der Waals surface area contributed by atoms with E-state index < -0.39 is 0 Å². The number of amides is 1. The minimum atomic E-state index is -0.197. The van der Waals surface area contributed by atoms with Crippen LogP contribution in [0.15, 0.2) is 23.3 Å².